The molecule has 0 radical (unpaired) electrons. The monoisotopic (exact) mass is 148 g/mol. The molecule has 54 valence electrons. The van der Waals surface area contributed by atoms with Crippen LogP contribution < -0.4 is 0 Å². The molecule has 0 unspecified atom stereocenters. The van der Waals surface area contributed by atoms with E-state index < -0.39 is 8.69 Å². The Hall–Kier alpha value is 0.0600. The fourth-order valence-electron chi connectivity index (χ4n) is 1.06. The predicted molar refractivity (Wildman–Crippen MR) is 37.5 cm³/mol. The van der Waals surface area contributed by atoms with E-state index in [0.717, 1.165) is 0 Å². The highest BCUT2D eigenvalue weighted by molar-refractivity contribution is 7.16. The summed E-state index contributed by atoms with van der Waals surface area (Å²) in [5.74, 6) is 0. The minimum absolute atomic E-state index is 0.833. The van der Waals surface area contributed by atoms with Crippen molar-refractivity contribution in [1.82, 2.24) is 0 Å². The molecular weight excluding hydrogens is 135 g/mol. The summed E-state index contributed by atoms with van der Waals surface area (Å²) >= 11 is 0. The zero-order chi connectivity index (χ0) is 6.95. The average molecular weight is 148 g/mol. The molecule has 1 N–H and O–H groups in total. The Morgan fingerprint density at radius 1 is 0.889 bits per heavy atom. The molecule has 0 atom stereocenters. The Morgan fingerprint density at radius 3 is 1.11 bits per heavy atom. The molecule has 1 aliphatic rings. The summed E-state index contributed by atoms with van der Waals surface area (Å²) in [4.78, 5) is 6.99. The van der Waals surface area contributed by atoms with Crippen molar-refractivity contribution in [2.45, 2.75) is 38.5 Å². The molecular formula is C6H13O2P. The lowest BCUT2D eigenvalue weighted by molar-refractivity contribution is 0.504. The van der Waals surface area contributed by atoms with Gasteiger partial charge in [0.2, 0.25) is 0 Å². The summed E-state index contributed by atoms with van der Waals surface area (Å²) in [6, 6.07) is 0. The van der Waals surface area contributed by atoms with Gasteiger partial charge in [-0.1, -0.05) is 38.5 Å². The van der Waals surface area contributed by atoms with Crippen LogP contribution in [0.2, 0.25) is 0 Å². The fourth-order valence-corrected chi connectivity index (χ4v) is 1.06. The highest BCUT2D eigenvalue weighted by Gasteiger charge is 1.95. The Morgan fingerprint density at radius 2 is 1.00 bits per heavy atom. The lowest BCUT2D eigenvalue weighted by atomic mass is 10.0. The van der Waals surface area contributed by atoms with Gasteiger partial charge in [0.05, 0.1) is 0 Å². The third-order valence-electron chi connectivity index (χ3n) is 1.50. The largest absolute Gasteiger partial charge is 0.324 e. The Bertz CT molecular complexity index is 50.6. The molecule has 1 saturated carbocycles. The van der Waals surface area contributed by atoms with E-state index in [1.165, 1.54) is 38.5 Å². The van der Waals surface area contributed by atoms with E-state index in [2.05, 4.69) is 0 Å². The molecule has 0 bridgehead atoms. The number of hydrogen-bond donors (Lipinski definition) is 1. The third kappa shape index (κ3) is 8.06. The van der Waals surface area contributed by atoms with Crippen LogP contribution in [0.1, 0.15) is 38.5 Å². The van der Waals surface area contributed by atoms with Crippen LogP contribution in [-0.4, -0.2) is 4.89 Å². The molecule has 9 heavy (non-hydrogen) atoms. The maximum absolute atomic E-state index is 8.46. The summed E-state index contributed by atoms with van der Waals surface area (Å²) < 4.78 is 8.46. The van der Waals surface area contributed by atoms with Crippen molar-refractivity contribution in [3.8, 4) is 0 Å². The average Bonchev–Trinajstić information content (AvgIpc) is 1.93. The predicted octanol–water partition coefficient (Wildman–Crippen LogP) is 2.53. The molecule has 1 fully saturated rings. The second-order valence-corrected chi connectivity index (χ2v) is 2.37. The van der Waals surface area contributed by atoms with Gasteiger partial charge >= 0.3 is 8.69 Å². The molecule has 0 aromatic rings. The van der Waals surface area contributed by atoms with Gasteiger partial charge in [-0.25, -0.2) is 4.57 Å². The first kappa shape index (κ1) is 9.06. The molecule has 1 rings (SSSR count). The first-order valence-corrected chi connectivity index (χ1v) is 4.15. The number of rotatable bonds is 0. The standard InChI is InChI=1S/C6H12.HO2P/c1-2-4-6-5-3-1;1-3-2/h1-6H2;(H,1,2). The van der Waals surface area contributed by atoms with Crippen molar-refractivity contribution >= 4 is 8.69 Å². The van der Waals surface area contributed by atoms with Crippen LogP contribution in [0.15, 0.2) is 0 Å². The van der Waals surface area contributed by atoms with Crippen LogP contribution in [0, 0.1) is 0 Å². The van der Waals surface area contributed by atoms with Gasteiger partial charge in [0.15, 0.2) is 0 Å². The lowest BCUT2D eigenvalue weighted by Gasteiger charge is -2.05. The van der Waals surface area contributed by atoms with Crippen LogP contribution in [-0.2, 0) is 4.57 Å². The van der Waals surface area contributed by atoms with Crippen LogP contribution in [0.5, 0.6) is 0 Å². The second kappa shape index (κ2) is 8.06. The highest BCUT2D eigenvalue weighted by atomic mass is 31.1. The van der Waals surface area contributed by atoms with Crippen molar-refractivity contribution in [3.05, 3.63) is 0 Å². The van der Waals surface area contributed by atoms with Crippen LogP contribution in [0.3, 0.4) is 0 Å². The van der Waals surface area contributed by atoms with E-state index in [-0.39, 0.29) is 0 Å². The van der Waals surface area contributed by atoms with Crippen LogP contribution >= 0.6 is 8.69 Å². The minimum Gasteiger partial charge on any atom is -0.310 e. The van der Waals surface area contributed by atoms with Gasteiger partial charge in [-0.2, -0.15) is 0 Å². The zero-order valence-electron chi connectivity index (χ0n) is 5.55. The normalized spacial score (nSPS) is 18.3. The summed E-state index contributed by atoms with van der Waals surface area (Å²) in [5.41, 5.74) is 0. The van der Waals surface area contributed by atoms with E-state index in [4.69, 9.17) is 9.46 Å². The minimum atomic E-state index is -0.833. The van der Waals surface area contributed by atoms with Gasteiger partial charge in [-0.3, -0.25) is 0 Å². The van der Waals surface area contributed by atoms with Gasteiger partial charge in [-0.15, -0.1) is 0 Å². The Kier molecular flexibility index (Phi) is 8.11. The van der Waals surface area contributed by atoms with Crippen molar-refractivity contribution in [3.63, 3.8) is 0 Å². The van der Waals surface area contributed by atoms with Crippen molar-refractivity contribution in [1.29, 1.82) is 0 Å². The summed E-state index contributed by atoms with van der Waals surface area (Å²) in [6.45, 7) is 0. The molecule has 0 amide bonds. The first-order valence-electron chi connectivity index (χ1n) is 3.38. The van der Waals surface area contributed by atoms with Gasteiger partial charge in [0.25, 0.3) is 0 Å². The molecule has 0 aromatic carbocycles. The topological polar surface area (TPSA) is 37.3 Å². The zero-order valence-corrected chi connectivity index (χ0v) is 6.44. The van der Waals surface area contributed by atoms with Gasteiger partial charge in [0, 0.05) is 0 Å². The quantitative estimate of drug-likeness (QED) is 0.536. The summed E-state index contributed by atoms with van der Waals surface area (Å²) in [5, 5.41) is 0. The SMILES string of the molecule is C1CCCCC1.O=PO. The molecule has 3 heteroatoms. The van der Waals surface area contributed by atoms with E-state index in [1.54, 1.807) is 0 Å². The smallest absolute Gasteiger partial charge is 0.310 e. The Labute approximate surface area is 57.6 Å². The van der Waals surface area contributed by atoms with Crippen molar-refractivity contribution in [2.24, 2.45) is 0 Å². The van der Waals surface area contributed by atoms with E-state index in [1.807, 2.05) is 0 Å². The molecule has 0 aliphatic heterocycles. The molecule has 1 aliphatic carbocycles. The molecule has 2 nitrogen and oxygen atoms in total. The number of hydrogen-bond acceptors (Lipinski definition) is 1. The lowest BCUT2D eigenvalue weighted by Crippen LogP contribution is -1.85. The summed E-state index contributed by atoms with van der Waals surface area (Å²) in [7, 11) is -0.833. The molecule has 0 aromatic heterocycles. The van der Waals surface area contributed by atoms with E-state index in [0.29, 0.717) is 0 Å². The van der Waals surface area contributed by atoms with Crippen LogP contribution in [0.4, 0.5) is 0 Å². The van der Waals surface area contributed by atoms with Gasteiger partial charge in [-0.05, 0) is 0 Å². The molecule has 0 saturated heterocycles. The van der Waals surface area contributed by atoms with Gasteiger partial charge < -0.3 is 4.89 Å². The maximum Gasteiger partial charge on any atom is 0.324 e. The van der Waals surface area contributed by atoms with Crippen molar-refractivity contribution < 1.29 is 9.46 Å². The fraction of sp³-hybridized carbons (Fsp3) is 1.00. The summed E-state index contributed by atoms with van der Waals surface area (Å²) in [6.07, 6.45) is 9.00. The Balaban J connectivity index is 0.000000187. The second-order valence-electron chi connectivity index (χ2n) is 2.20. The highest BCUT2D eigenvalue weighted by Crippen LogP contribution is 2.15. The van der Waals surface area contributed by atoms with E-state index >= 15 is 0 Å². The maximum atomic E-state index is 8.46. The third-order valence-corrected chi connectivity index (χ3v) is 1.50. The van der Waals surface area contributed by atoms with Gasteiger partial charge in [0.1, 0.15) is 0 Å². The first-order chi connectivity index (χ1) is 4.41. The van der Waals surface area contributed by atoms with Crippen LogP contribution in [0.25, 0.3) is 0 Å². The molecule has 0 heterocycles. The van der Waals surface area contributed by atoms with E-state index in [9.17, 15) is 0 Å². The molecule has 0 spiro atoms. The van der Waals surface area contributed by atoms with Crippen molar-refractivity contribution in [2.75, 3.05) is 0 Å².